The van der Waals surface area contributed by atoms with Crippen LogP contribution in [0, 0.1) is 18.3 Å². The van der Waals surface area contributed by atoms with E-state index in [0.29, 0.717) is 11.4 Å². The van der Waals surface area contributed by atoms with Crippen molar-refractivity contribution < 1.29 is 0 Å². The lowest BCUT2D eigenvalue weighted by molar-refractivity contribution is 1.17. The fourth-order valence-corrected chi connectivity index (χ4v) is 2.29. The van der Waals surface area contributed by atoms with Crippen LogP contribution in [0.25, 0.3) is 0 Å². The number of aryl methyl sites for hydroxylation is 1. The molecular formula is C16H15ClN2. The summed E-state index contributed by atoms with van der Waals surface area (Å²) in [6, 6.07) is 15.9. The van der Waals surface area contributed by atoms with Gasteiger partial charge in [0, 0.05) is 24.3 Å². The molecule has 2 aromatic carbocycles. The molecule has 0 heterocycles. The van der Waals surface area contributed by atoms with Crippen molar-refractivity contribution in [2.24, 2.45) is 0 Å². The van der Waals surface area contributed by atoms with E-state index in [2.05, 4.69) is 36.1 Å². The van der Waals surface area contributed by atoms with Crippen LogP contribution in [-0.2, 0) is 5.88 Å². The number of nitriles is 1. The molecule has 2 aromatic rings. The number of benzene rings is 2. The van der Waals surface area contributed by atoms with Crippen LogP contribution in [0.3, 0.4) is 0 Å². The molecule has 0 aromatic heterocycles. The standard InChI is InChI=1S/C16H15ClN2/c1-12-6-7-16(14(8-12)10-17)19(2)15-5-3-4-13(9-15)11-18/h3-9H,10H2,1-2H3. The van der Waals surface area contributed by atoms with Gasteiger partial charge in [-0.15, -0.1) is 11.6 Å². The highest BCUT2D eigenvalue weighted by Gasteiger charge is 2.09. The number of hydrogen-bond acceptors (Lipinski definition) is 2. The fourth-order valence-electron chi connectivity index (χ4n) is 2.07. The molecule has 0 radical (unpaired) electrons. The van der Waals surface area contributed by atoms with E-state index in [1.165, 1.54) is 5.56 Å². The van der Waals surface area contributed by atoms with Crippen LogP contribution in [0.5, 0.6) is 0 Å². The summed E-state index contributed by atoms with van der Waals surface area (Å²) < 4.78 is 0. The van der Waals surface area contributed by atoms with Crippen molar-refractivity contribution in [3.05, 3.63) is 59.2 Å². The highest BCUT2D eigenvalue weighted by atomic mass is 35.5. The Hall–Kier alpha value is -1.98. The summed E-state index contributed by atoms with van der Waals surface area (Å²) in [5, 5.41) is 8.96. The summed E-state index contributed by atoms with van der Waals surface area (Å²) in [6.07, 6.45) is 0. The molecule has 0 aliphatic rings. The molecule has 0 fully saturated rings. The van der Waals surface area contributed by atoms with Gasteiger partial charge >= 0.3 is 0 Å². The van der Waals surface area contributed by atoms with Crippen LogP contribution in [0.1, 0.15) is 16.7 Å². The summed E-state index contributed by atoms with van der Waals surface area (Å²) in [5.74, 6) is 0.472. The molecule has 0 bridgehead atoms. The highest BCUT2D eigenvalue weighted by molar-refractivity contribution is 6.17. The number of halogens is 1. The molecule has 0 saturated carbocycles. The van der Waals surface area contributed by atoms with E-state index in [1.54, 1.807) is 6.07 Å². The normalized spacial score (nSPS) is 10.0. The van der Waals surface area contributed by atoms with Gasteiger partial charge in [0.15, 0.2) is 0 Å². The zero-order chi connectivity index (χ0) is 13.8. The highest BCUT2D eigenvalue weighted by Crippen LogP contribution is 2.29. The van der Waals surface area contributed by atoms with Gasteiger partial charge in [0.05, 0.1) is 11.6 Å². The molecule has 19 heavy (non-hydrogen) atoms. The zero-order valence-corrected chi connectivity index (χ0v) is 11.8. The third-order valence-corrected chi connectivity index (χ3v) is 3.39. The van der Waals surface area contributed by atoms with Crippen molar-refractivity contribution in [3.63, 3.8) is 0 Å². The molecule has 3 heteroatoms. The van der Waals surface area contributed by atoms with Gasteiger partial charge < -0.3 is 4.90 Å². The maximum absolute atomic E-state index is 8.96. The third kappa shape index (κ3) is 2.89. The molecule has 0 amide bonds. The lowest BCUT2D eigenvalue weighted by Crippen LogP contribution is -2.11. The van der Waals surface area contributed by atoms with Crippen molar-refractivity contribution in [1.82, 2.24) is 0 Å². The average Bonchev–Trinajstić information content (AvgIpc) is 2.46. The summed E-state index contributed by atoms with van der Waals surface area (Å²) in [7, 11) is 1.98. The minimum Gasteiger partial charge on any atom is -0.344 e. The molecule has 0 spiro atoms. The summed E-state index contributed by atoms with van der Waals surface area (Å²) >= 11 is 6.02. The second kappa shape index (κ2) is 5.77. The van der Waals surface area contributed by atoms with Crippen LogP contribution in [0.15, 0.2) is 42.5 Å². The molecular weight excluding hydrogens is 256 g/mol. The second-order valence-corrected chi connectivity index (χ2v) is 4.75. The van der Waals surface area contributed by atoms with E-state index in [9.17, 15) is 0 Å². The van der Waals surface area contributed by atoms with Crippen molar-refractivity contribution in [2.45, 2.75) is 12.8 Å². The first-order valence-corrected chi connectivity index (χ1v) is 6.58. The quantitative estimate of drug-likeness (QED) is 0.774. The zero-order valence-electron chi connectivity index (χ0n) is 11.0. The Morgan fingerprint density at radius 3 is 2.68 bits per heavy atom. The summed E-state index contributed by atoms with van der Waals surface area (Å²) in [5.41, 5.74) is 4.99. The van der Waals surface area contributed by atoms with Crippen LogP contribution in [0.4, 0.5) is 11.4 Å². The Labute approximate surface area is 118 Å². The lowest BCUT2D eigenvalue weighted by atomic mass is 10.1. The van der Waals surface area contributed by atoms with Crippen molar-refractivity contribution in [1.29, 1.82) is 5.26 Å². The van der Waals surface area contributed by atoms with E-state index >= 15 is 0 Å². The first-order valence-electron chi connectivity index (χ1n) is 6.05. The Kier molecular flexibility index (Phi) is 4.09. The summed E-state index contributed by atoms with van der Waals surface area (Å²) in [4.78, 5) is 2.05. The van der Waals surface area contributed by atoms with Gasteiger partial charge in [0.1, 0.15) is 0 Å². The number of anilines is 2. The molecule has 0 saturated heterocycles. The molecule has 2 nitrogen and oxygen atoms in total. The molecule has 2 rings (SSSR count). The summed E-state index contributed by atoms with van der Waals surface area (Å²) in [6.45, 7) is 2.05. The molecule has 0 N–H and O–H groups in total. The molecule has 0 unspecified atom stereocenters. The lowest BCUT2D eigenvalue weighted by Gasteiger charge is -2.22. The van der Waals surface area contributed by atoms with Crippen molar-refractivity contribution >= 4 is 23.0 Å². The van der Waals surface area contributed by atoms with Crippen LogP contribution in [-0.4, -0.2) is 7.05 Å². The maximum Gasteiger partial charge on any atom is 0.0992 e. The average molecular weight is 271 g/mol. The SMILES string of the molecule is Cc1ccc(N(C)c2cccc(C#N)c2)c(CCl)c1. The molecule has 96 valence electrons. The molecule has 0 aliphatic carbocycles. The van der Waals surface area contributed by atoms with E-state index in [0.717, 1.165) is 16.9 Å². The predicted molar refractivity (Wildman–Crippen MR) is 80.0 cm³/mol. The van der Waals surface area contributed by atoms with Crippen LogP contribution in [0.2, 0.25) is 0 Å². The van der Waals surface area contributed by atoms with Crippen molar-refractivity contribution in [3.8, 4) is 6.07 Å². The Morgan fingerprint density at radius 1 is 1.21 bits per heavy atom. The Balaban J connectivity index is 2.43. The van der Waals surface area contributed by atoms with Crippen LogP contribution >= 0.6 is 11.6 Å². The number of rotatable bonds is 3. The minimum absolute atomic E-state index is 0.472. The van der Waals surface area contributed by atoms with E-state index < -0.39 is 0 Å². The van der Waals surface area contributed by atoms with Gasteiger partial charge in [-0.1, -0.05) is 23.8 Å². The Morgan fingerprint density at radius 2 is 2.00 bits per heavy atom. The first-order chi connectivity index (χ1) is 9.15. The molecule has 0 atom stereocenters. The van der Waals surface area contributed by atoms with Gasteiger partial charge in [-0.2, -0.15) is 5.26 Å². The van der Waals surface area contributed by atoms with E-state index in [-0.39, 0.29) is 0 Å². The Bertz CT molecular complexity index is 629. The van der Waals surface area contributed by atoms with Gasteiger partial charge in [-0.3, -0.25) is 0 Å². The fraction of sp³-hybridized carbons (Fsp3) is 0.188. The predicted octanol–water partition coefficient (Wildman–Crippen LogP) is 4.37. The van der Waals surface area contributed by atoms with Gasteiger partial charge in [0.2, 0.25) is 0 Å². The second-order valence-electron chi connectivity index (χ2n) is 4.49. The van der Waals surface area contributed by atoms with E-state index in [1.807, 2.05) is 25.2 Å². The third-order valence-electron chi connectivity index (χ3n) is 3.10. The van der Waals surface area contributed by atoms with E-state index in [4.69, 9.17) is 16.9 Å². The molecule has 0 aliphatic heterocycles. The minimum atomic E-state index is 0.472. The first kappa shape index (κ1) is 13.5. The number of nitrogens with zero attached hydrogens (tertiary/aromatic N) is 2. The van der Waals surface area contributed by atoms with Gasteiger partial charge in [-0.05, 0) is 36.8 Å². The number of hydrogen-bond donors (Lipinski definition) is 0. The maximum atomic E-state index is 8.96. The van der Waals surface area contributed by atoms with Gasteiger partial charge in [-0.25, -0.2) is 0 Å². The number of alkyl halides is 1. The van der Waals surface area contributed by atoms with Crippen LogP contribution < -0.4 is 4.90 Å². The van der Waals surface area contributed by atoms with Gasteiger partial charge in [0.25, 0.3) is 0 Å². The largest absolute Gasteiger partial charge is 0.344 e. The van der Waals surface area contributed by atoms with Crippen molar-refractivity contribution in [2.75, 3.05) is 11.9 Å². The smallest absolute Gasteiger partial charge is 0.0992 e. The monoisotopic (exact) mass is 270 g/mol. The topological polar surface area (TPSA) is 27.0 Å².